The molecule has 0 saturated carbocycles. The zero-order chi connectivity index (χ0) is 15.3. The summed E-state index contributed by atoms with van der Waals surface area (Å²) in [7, 11) is 0. The quantitative estimate of drug-likeness (QED) is 0.724. The second kappa shape index (κ2) is 6.67. The van der Waals surface area contributed by atoms with Gasteiger partial charge in [-0.2, -0.15) is 4.98 Å². The van der Waals surface area contributed by atoms with E-state index >= 15 is 0 Å². The van der Waals surface area contributed by atoms with Gasteiger partial charge < -0.3 is 16.2 Å². The van der Waals surface area contributed by atoms with E-state index in [-0.39, 0.29) is 12.6 Å². The molecule has 2 aromatic rings. The summed E-state index contributed by atoms with van der Waals surface area (Å²) in [6, 6.07) is 3.67. The molecular formula is C15H23N5O. The van der Waals surface area contributed by atoms with Crippen LogP contribution in [-0.4, -0.2) is 32.2 Å². The van der Waals surface area contributed by atoms with Crippen LogP contribution in [-0.2, 0) is 0 Å². The lowest BCUT2D eigenvalue weighted by Crippen LogP contribution is -2.42. The molecule has 0 saturated heterocycles. The Hall–Kier alpha value is -1.95. The number of aromatic nitrogens is 3. The van der Waals surface area contributed by atoms with Gasteiger partial charge in [0.05, 0.1) is 17.7 Å². The molecule has 2 aromatic heterocycles. The highest BCUT2D eigenvalue weighted by Gasteiger charge is 2.28. The minimum Gasteiger partial charge on any atom is -0.394 e. The standard InChI is InChI=1S/C15H23N5O/c1-3-5-8-15(4-2,10-21)20-13-12-11(7-6-9-17-12)18-14(16)19-13/h6-7,9,21H,3-5,8,10H2,1-2H3,(H3,16,18,19,20). The van der Waals surface area contributed by atoms with Crippen molar-refractivity contribution in [1.82, 2.24) is 15.0 Å². The van der Waals surface area contributed by atoms with Crippen LogP contribution in [0.15, 0.2) is 18.3 Å². The molecule has 0 aliphatic heterocycles. The fourth-order valence-corrected chi connectivity index (χ4v) is 2.40. The number of nitrogens with zero attached hydrogens (tertiary/aromatic N) is 3. The van der Waals surface area contributed by atoms with E-state index in [2.05, 4.69) is 34.1 Å². The maximum atomic E-state index is 9.85. The van der Waals surface area contributed by atoms with Crippen molar-refractivity contribution in [3.8, 4) is 0 Å². The van der Waals surface area contributed by atoms with Crippen LogP contribution in [0.25, 0.3) is 11.0 Å². The number of pyridine rings is 1. The third kappa shape index (κ3) is 3.39. The molecule has 114 valence electrons. The lowest BCUT2D eigenvalue weighted by molar-refractivity contribution is 0.195. The van der Waals surface area contributed by atoms with Crippen LogP contribution < -0.4 is 11.1 Å². The Labute approximate surface area is 124 Å². The van der Waals surface area contributed by atoms with Gasteiger partial charge in [-0.05, 0) is 25.0 Å². The molecule has 0 aliphatic rings. The highest BCUT2D eigenvalue weighted by atomic mass is 16.3. The van der Waals surface area contributed by atoms with Crippen LogP contribution in [0.3, 0.4) is 0 Å². The number of nitrogens with two attached hydrogens (primary N) is 1. The van der Waals surface area contributed by atoms with Crippen molar-refractivity contribution in [1.29, 1.82) is 0 Å². The van der Waals surface area contributed by atoms with Gasteiger partial charge in [0.25, 0.3) is 0 Å². The molecule has 1 unspecified atom stereocenters. The van der Waals surface area contributed by atoms with Gasteiger partial charge in [0.15, 0.2) is 5.82 Å². The van der Waals surface area contributed by atoms with Crippen molar-refractivity contribution < 1.29 is 5.11 Å². The Kier molecular flexibility index (Phi) is 4.90. The molecule has 21 heavy (non-hydrogen) atoms. The summed E-state index contributed by atoms with van der Waals surface area (Å²) < 4.78 is 0. The van der Waals surface area contributed by atoms with E-state index in [0.29, 0.717) is 16.9 Å². The molecule has 1 atom stereocenters. The first-order valence-electron chi connectivity index (χ1n) is 7.41. The lowest BCUT2D eigenvalue weighted by atomic mass is 9.90. The number of fused-ring (bicyclic) bond motifs is 1. The number of hydrogen-bond donors (Lipinski definition) is 3. The molecule has 0 bridgehead atoms. The average molecular weight is 289 g/mol. The Bertz CT molecular complexity index is 598. The summed E-state index contributed by atoms with van der Waals surface area (Å²) in [5, 5.41) is 13.2. The van der Waals surface area contributed by atoms with Gasteiger partial charge in [0.1, 0.15) is 5.52 Å². The fourth-order valence-electron chi connectivity index (χ4n) is 2.40. The highest BCUT2D eigenvalue weighted by Crippen LogP contribution is 2.27. The third-order valence-corrected chi connectivity index (χ3v) is 3.84. The maximum absolute atomic E-state index is 9.85. The number of nitrogens with one attached hydrogen (secondary N) is 1. The third-order valence-electron chi connectivity index (χ3n) is 3.84. The van der Waals surface area contributed by atoms with Gasteiger partial charge in [-0.15, -0.1) is 0 Å². The molecule has 0 amide bonds. The minimum absolute atomic E-state index is 0.0434. The van der Waals surface area contributed by atoms with Crippen LogP contribution >= 0.6 is 0 Å². The Morgan fingerprint density at radius 1 is 1.33 bits per heavy atom. The SMILES string of the molecule is CCCCC(CC)(CO)Nc1nc(N)nc2cccnc12. The number of hydrogen-bond acceptors (Lipinski definition) is 6. The Morgan fingerprint density at radius 2 is 2.14 bits per heavy atom. The second-order valence-electron chi connectivity index (χ2n) is 5.32. The molecule has 6 nitrogen and oxygen atoms in total. The molecule has 0 fully saturated rings. The maximum Gasteiger partial charge on any atom is 0.222 e. The predicted molar refractivity (Wildman–Crippen MR) is 85.0 cm³/mol. The second-order valence-corrected chi connectivity index (χ2v) is 5.32. The molecule has 6 heteroatoms. The zero-order valence-electron chi connectivity index (χ0n) is 12.6. The van der Waals surface area contributed by atoms with E-state index < -0.39 is 5.54 Å². The van der Waals surface area contributed by atoms with Gasteiger partial charge >= 0.3 is 0 Å². The largest absolute Gasteiger partial charge is 0.394 e. The van der Waals surface area contributed by atoms with E-state index in [1.54, 1.807) is 6.20 Å². The van der Waals surface area contributed by atoms with E-state index in [0.717, 1.165) is 25.7 Å². The van der Waals surface area contributed by atoms with Crippen molar-refractivity contribution in [3.05, 3.63) is 18.3 Å². The predicted octanol–water partition coefficient (Wildman–Crippen LogP) is 2.35. The van der Waals surface area contributed by atoms with Gasteiger partial charge in [0, 0.05) is 6.20 Å². The first-order chi connectivity index (χ1) is 10.1. The number of nitrogen functional groups attached to an aromatic ring is 1. The normalized spacial score (nSPS) is 14.0. The summed E-state index contributed by atoms with van der Waals surface area (Å²) in [6.45, 7) is 4.23. The summed E-state index contributed by atoms with van der Waals surface area (Å²) in [5.74, 6) is 0.793. The number of unbranched alkanes of at least 4 members (excludes halogenated alkanes) is 1. The van der Waals surface area contributed by atoms with Gasteiger partial charge in [-0.1, -0.05) is 26.7 Å². The minimum atomic E-state index is -0.402. The lowest BCUT2D eigenvalue weighted by Gasteiger charge is -2.32. The van der Waals surface area contributed by atoms with E-state index in [1.165, 1.54) is 0 Å². The van der Waals surface area contributed by atoms with Crippen LogP contribution in [0.5, 0.6) is 0 Å². The molecule has 0 aliphatic carbocycles. The first kappa shape index (κ1) is 15.4. The van der Waals surface area contributed by atoms with Gasteiger partial charge in [0.2, 0.25) is 5.95 Å². The van der Waals surface area contributed by atoms with Crippen molar-refractivity contribution in [2.75, 3.05) is 17.7 Å². The highest BCUT2D eigenvalue weighted by molar-refractivity contribution is 5.86. The molecule has 0 aromatic carbocycles. The van der Waals surface area contributed by atoms with Crippen LogP contribution in [0.1, 0.15) is 39.5 Å². The number of aliphatic hydroxyl groups excluding tert-OH is 1. The van der Waals surface area contributed by atoms with E-state index in [9.17, 15) is 5.11 Å². The summed E-state index contributed by atoms with van der Waals surface area (Å²) in [4.78, 5) is 12.8. The molecule has 2 rings (SSSR count). The van der Waals surface area contributed by atoms with E-state index in [4.69, 9.17) is 5.73 Å². The van der Waals surface area contributed by atoms with Crippen molar-refractivity contribution in [2.45, 2.75) is 45.1 Å². The van der Waals surface area contributed by atoms with E-state index in [1.807, 2.05) is 12.1 Å². The Balaban J connectivity index is 2.40. The molecule has 2 heterocycles. The first-order valence-corrected chi connectivity index (χ1v) is 7.41. The van der Waals surface area contributed by atoms with Crippen LogP contribution in [0, 0.1) is 0 Å². The molecule has 0 radical (unpaired) electrons. The summed E-state index contributed by atoms with van der Waals surface area (Å²) in [5.41, 5.74) is 6.75. The number of rotatable bonds is 7. The number of anilines is 2. The molecule has 4 N–H and O–H groups in total. The van der Waals surface area contributed by atoms with Crippen LogP contribution in [0.4, 0.5) is 11.8 Å². The summed E-state index contributed by atoms with van der Waals surface area (Å²) >= 11 is 0. The monoisotopic (exact) mass is 289 g/mol. The van der Waals surface area contributed by atoms with Crippen LogP contribution in [0.2, 0.25) is 0 Å². The topological polar surface area (TPSA) is 97.0 Å². The molecule has 0 spiro atoms. The Morgan fingerprint density at radius 3 is 2.81 bits per heavy atom. The number of aliphatic hydroxyl groups is 1. The van der Waals surface area contributed by atoms with Crippen molar-refractivity contribution in [3.63, 3.8) is 0 Å². The fraction of sp³-hybridized carbons (Fsp3) is 0.533. The van der Waals surface area contributed by atoms with Gasteiger partial charge in [-0.3, -0.25) is 4.98 Å². The smallest absolute Gasteiger partial charge is 0.222 e. The zero-order valence-corrected chi connectivity index (χ0v) is 12.6. The van der Waals surface area contributed by atoms with Crippen molar-refractivity contribution >= 4 is 22.8 Å². The molecular weight excluding hydrogens is 266 g/mol. The summed E-state index contributed by atoms with van der Waals surface area (Å²) in [6.07, 6.45) is 5.48. The van der Waals surface area contributed by atoms with Gasteiger partial charge in [-0.25, -0.2) is 4.98 Å². The van der Waals surface area contributed by atoms with Crippen molar-refractivity contribution in [2.24, 2.45) is 0 Å². The average Bonchev–Trinajstić information content (AvgIpc) is 2.51.